The van der Waals surface area contributed by atoms with E-state index in [1.54, 1.807) is 42.7 Å². The second kappa shape index (κ2) is 7.31. The van der Waals surface area contributed by atoms with Crippen molar-refractivity contribution in [2.45, 2.75) is 12.1 Å². The SMILES string of the molecule is O=S(=O)(Cc1ccc(OC(F)(F)F)cc1)Nc1ccccc1-n1cccn1. The molecule has 6 nitrogen and oxygen atoms in total. The molecule has 0 unspecified atom stereocenters. The third-order valence-electron chi connectivity index (χ3n) is 3.43. The Labute approximate surface area is 153 Å². The Kier molecular flexibility index (Phi) is 5.08. The zero-order valence-electron chi connectivity index (χ0n) is 13.7. The van der Waals surface area contributed by atoms with Gasteiger partial charge in [0.05, 0.1) is 17.1 Å². The minimum Gasteiger partial charge on any atom is -0.406 e. The standard InChI is InChI=1S/C17H14F3N3O3S/c18-17(19,20)26-14-8-6-13(7-9-14)12-27(24,25)22-15-4-1-2-5-16(15)23-11-3-10-21-23/h1-11,22H,12H2. The van der Waals surface area contributed by atoms with Crippen LogP contribution in [0.2, 0.25) is 0 Å². The van der Waals surface area contributed by atoms with Crippen molar-refractivity contribution in [1.29, 1.82) is 0 Å². The largest absolute Gasteiger partial charge is 0.573 e. The van der Waals surface area contributed by atoms with E-state index in [9.17, 15) is 21.6 Å². The second-order valence-electron chi connectivity index (χ2n) is 5.52. The molecule has 0 saturated carbocycles. The van der Waals surface area contributed by atoms with Crippen LogP contribution in [0.15, 0.2) is 67.0 Å². The molecule has 1 heterocycles. The number of aromatic nitrogens is 2. The van der Waals surface area contributed by atoms with E-state index in [1.807, 2.05) is 0 Å². The molecule has 2 aromatic carbocycles. The summed E-state index contributed by atoms with van der Waals surface area (Å²) in [6.45, 7) is 0. The van der Waals surface area contributed by atoms with Crippen LogP contribution >= 0.6 is 0 Å². The number of nitrogens with zero attached hydrogens (tertiary/aromatic N) is 2. The van der Waals surface area contributed by atoms with Gasteiger partial charge in [0.25, 0.3) is 0 Å². The maximum Gasteiger partial charge on any atom is 0.573 e. The van der Waals surface area contributed by atoms with E-state index in [0.29, 0.717) is 16.9 Å². The summed E-state index contributed by atoms with van der Waals surface area (Å²) in [5, 5.41) is 4.08. The molecule has 27 heavy (non-hydrogen) atoms. The molecule has 1 N–H and O–H groups in total. The zero-order valence-corrected chi connectivity index (χ0v) is 14.5. The monoisotopic (exact) mass is 397 g/mol. The van der Waals surface area contributed by atoms with Gasteiger partial charge in [-0.25, -0.2) is 13.1 Å². The molecule has 10 heteroatoms. The maximum atomic E-state index is 12.5. The Bertz CT molecular complexity index is 1000. The molecular formula is C17H14F3N3O3S. The fourth-order valence-corrected chi connectivity index (χ4v) is 3.59. The van der Waals surface area contributed by atoms with Gasteiger partial charge in [-0.05, 0) is 35.9 Å². The number of ether oxygens (including phenoxy) is 1. The lowest BCUT2D eigenvalue weighted by molar-refractivity contribution is -0.274. The fourth-order valence-electron chi connectivity index (χ4n) is 2.38. The highest BCUT2D eigenvalue weighted by atomic mass is 32.2. The summed E-state index contributed by atoms with van der Waals surface area (Å²) in [6.07, 6.45) is -1.56. The topological polar surface area (TPSA) is 73.2 Å². The third kappa shape index (κ3) is 5.23. The first-order chi connectivity index (χ1) is 12.7. The van der Waals surface area contributed by atoms with Crippen molar-refractivity contribution < 1.29 is 26.3 Å². The van der Waals surface area contributed by atoms with Crippen molar-refractivity contribution in [3.8, 4) is 11.4 Å². The Hall–Kier alpha value is -3.01. The minimum atomic E-state index is -4.80. The summed E-state index contributed by atoms with van der Waals surface area (Å²) < 4.78 is 69.2. The predicted octanol–water partition coefficient (Wildman–Crippen LogP) is 3.71. The molecule has 0 spiro atoms. The van der Waals surface area contributed by atoms with Crippen molar-refractivity contribution in [3.05, 3.63) is 72.6 Å². The summed E-state index contributed by atoms with van der Waals surface area (Å²) >= 11 is 0. The number of hydrogen-bond acceptors (Lipinski definition) is 4. The lowest BCUT2D eigenvalue weighted by Crippen LogP contribution is -2.18. The zero-order chi connectivity index (χ0) is 19.5. The Morgan fingerprint density at radius 3 is 2.37 bits per heavy atom. The second-order valence-corrected chi connectivity index (χ2v) is 7.24. The van der Waals surface area contributed by atoms with E-state index >= 15 is 0 Å². The van der Waals surface area contributed by atoms with Gasteiger partial charge in [0.2, 0.25) is 10.0 Å². The Balaban J connectivity index is 1.75. The molecule has 3 aromatic rings. The summed E-state index contributed by atoms with van der Waals surface area (Å²) in [5.74, 6) is -0.826. The summed E-state index contributed by atoms with van der Waals surface area (Å²) in [4.78, 5) is 0. The van der Waals surface area contributed by atoms with Crippen LogP contribution in [0.3, 0.4) is 0 Å². The van der Waals surface area contributed by atoms with Gasteiger partial charge < -0.3 is 4.74 Å². The highest BCUT2D eigenvalue weighted by molar-refractivity contribution is 7.91. The van der Waals surface area contributed by atoms with Gasteiger partial charge >= 0.3 is 6.36 Å². The number of para-hydroxylation sites is 2. The number of nitrogens with one attached hydrogen (secondary N) is 1. The van der Waals surface area contributed by atoms with Gasteiger partial charge in [-0.1, -0.05) is 24.3 Å². The lowest BCUT2D eigenvalue weighted by Gasteiger charge is -2.13. The number of benzene rings is 2. The van der Waals surface area contributed by atoms with Crippen molar-refractivity contribution in [2.24, 2.45) is 0 Å². The van der Waals surface area contributed by atoms with Gasteiger partial charge in [0, 0.05) is 12.4 Å². The van der Waals surface area contributed by atoms with E-state index in [-0.39, 0.29) is 0 Å². The van der Waals surface area contributed by atoms with Crippen LogP contribution in [0.1, 0.15) is 5.56 Å². The molecular weight excluding hydrogens is 383 g/mol. The van der Waals surface area contributed by atoms with Crippen molar-refractivity contribution in [3.63, 3.8) is 0 Å². The third-order valence-corrected chi connectivity index (χ3v) is 4.68. The summed E-state index contributed by atoms with van der Waals surface area (Å²) in [6, 6.07) is 13.1. The number of rotatable bonds is 6. The maximum absolute atomic E-state index is 12.5. The van der Waals surface area contributed by atoms with E-state index in [0.717, 1.165) is 12.1 Å². The first kappa shape index (κ1) is 18.8. The van der Waals surface area contributed by atoms with E-state index < -0.39 is 27.9 Å². The molecule has 0 atom stereocenters. The van der Waals surface area contributed by atoms with Gasteiger partial charge in [0.1, 0.15) is 5.75 Å². The Morgan fingerprint density at radius 1 is 1.04 bits per heavy atom. The van der Waals surface area contributed by atoms with Crippen LogP contribution in [-0.2, 0) is 15.8 Å². The molecule has 142 valence electrons. The van der Waals surface area contributed by atoms with Crippen LogP contribution in [0, 0.1) is 0 Å². The van der Waals surface area contributed by atoms with Crippen molar-refractivity contribution in [2.75, 3.05) is 4.72 Å². The predicted molar refractivity (Wildman–Crippen MR) is 92.9 cm³/mol. The highest BCUT2D eigenvalue weighted by Gasteiger charge is 2.31. The molecule has 0 amide bonds. The van der Waals surface area contributed by atoms with E-state index in [1.165, 1.54) is 16.8 Å². The quantitative estimate of drug-likeness (QED) is 0.688. The average Bonchev–Trinajstić information content (AvgIpc) is 3.09. The average molecular weight is 397 g/mol. The van der Waals surface area contributed by atoms with Gasteiger partial charge in [-0.3, -0.25) is 4.72 Å². The first-order valence-corrected chi connectivity index (χ1v) is 9.31. The molecule has 3 rings (SSSR count). The number of halogens is 3. The number of sulfonamides is 1. The summed E-state index contributed by atoms with van der Waals surface area (Å²) in [5.41, 5.74) is 1.19. The van der Waals surface area contributed by atoms with Gasteiger partial charge in [-0.2, -0.15) is 5.10 Å². The molecule has 0 radical (unpaired) electrons. The van der Waals surface area contributed by atoms with Crippen molar-refractivity contribution >= 4 is 15.7 Å². The normalized spacial score (nSPS) is 12.0. The first-order valence-electron chi connectivity index (χ1n) is 7.66. The smallest absolute Gasteiger partial charge is 0.406 e. The summed E-state index contributed by atoms with van der Waals surface area (Å²) in [7, 11) is -3.80. The number of alkyl halides is 3. The van der Waals surface area contributed by atoms with Crippen molar-refractivity contribution in [1.82, 2.24) is 9.78 Å². The molecule has 1 aromatic heterocycles. The number of anilines is 1. The van der Waals surface area contributed by atoms with E-state index in [4.69, 9.17) is 0 Å². The molecule has 0 aliphatic heterocycles. The fraction of sp³-hybridized carbons (Fsp3) is 0.118. The molecule has 0 fully saturated rings. The molecule has 0 aliphatic rings. The minimum absolute atomic E-state index is 0.314. The van der Waals surface area contributed by atoms with Gasteiger partial charge in [-0.15, -0.1) is 13.2 Å². The highest BCUT2D eigenvalue weighted by Crippen LogP contribution is 2.24. The van der Waals surface area contributed by atoms with Crippen LogP contribution < -0.4 is 9.46 Å². The number of hydrogen-bond donors (Lipinski definition) is 1. The molecule has 0 aliphatic carbocycles. The van der Waals surface area contributed by atoms with Crippen LogP contribution in [0.4, 0.5) is 18.9 Å². The Morgan fingerprint density at radius 2 is 1.74 bits per heavy atom. The lowest BCUT2D eigenvalue weighted by atomic mass is 10.2. The van der Waals surface area contributed by atoms with Gasteiger partial charge in [0.15, 0.2) is 0 Å². The van der Waals surface area contributed by atoms with E-state index in [2.05, 4.69) is 14.6 Å². The molecule has 0 bridgehead atoms. The van der Waals surface area contributed by atoms with Crippen LogP contribution in [0.5, 0.6) is 5.75 Å². The van der Waals surface area contributed by atoms with Crippen LogP contribution in [-0.4, -0.2) is 24.6 Å². The molecule has 0 saturated heterocycles. The van der Waals surface area contributed by atoms with Crippen LogP contribution in [0.25, 0.3) is 5.69 Å².